The van der Waals surface area contributed by atoms with Crippen LogP contribution in [-0.4, -0.2) is 38.2 Å². The fraction of sp³-hybridized carbons (Fsp3) is 0.571. The molecule has 1 aliphatic heterocycles. The predicted molar refractivity (Wildman–Crippen MR) is 78.2 cm³/mol. The van der Waals surface area contributed by atoms with Gasteiger partial charge in [0.15, 0.2) is 0 Å². The Morgan fingerprint density at radius 2 is 2.11 bits per heavy atom. The van der Waals surface area contributed by atoms with Crippen molar-refractivity contribution in [3.8, 4) is 5.75 Å². The number of benzene rings is 1. The van der Waals surface area contributed by atoms with Gasteiger partial charge in [0.1, 0.15) is 5.75 Å². The summed E-state index contributed by atoms with van der Waals surface area (Å²) < 4.78 is 6.33. The highest BCUT2D eigenvalue weighted by molar-refractivity contribution is 9.10. The van der Waals surface area contributed by atoms with Crippen molar-refractivity contribution >= 4 is 15.9 Å². The van der Waals surface area contributed by atoms with Crippen LogP contribution in [0.2, 0.25) is 0 Å². The zero-order valence-corrected chi connectivity index (χ0v) is 12.7. The van der Waals surface area contributed by atoms with Gasteiger partial charge in [-0.25, -0.2) is 0 Å². The predicted octanol–water partition coefficient (Wildman–Crippen LogP) is 2.81. The Labute approximate surface area is 118 Å². The van der Waals surface area contributed by atoms with Gasteiger partial charge in [-0.1, -0.05) is 13.0 Å². The Bertz CT molecular complexity index is 391. The summed E-state index contributed by atoms with van der Waals surface area (Å²) >= 11 is 3.57. The second-order valence-electron chi connectivity index (χ2n) is 4.60. The first-order valence-corrected chi connectivity index (χ1v) is 7.33. The summed E-state index contributed by atoms with van der Waals surface area (Å²) in [5, 5.41) is 3.40. The van der Waals surface area contributed by atoms with Crippen LogP contribution in [0.4, 0.5) is 0 Å². The fourth-order valence-corrected chi connectivity index (χ4v) is 3.15. The lowest BCUT2D eigenvalue weighted by molar-refractivity contribution is 0.169. The third-order valence-corrected chi connectivity index (χ3v) is 4.16. The molecule has 1 aromatic carbocycles. The van der Waals surface area contributed by atoms with Crippen molar-refractivity contribution in [2.24, 2.45) is 0 Å². The Kier molecular flexibility index (Phi) is 5.03. The van der Waals surface area contributed by atoms with Crippen LogP contribution >= 0.6 is 15.9 Å². The first-order chi connectivity index (χ1) is 8.76. The second kappa shape index (κ2) is 6.55. The maximum Gasteiger partial charge on any atom is 0.133 e. The van der Waals surface area contributed by atoms with Crippen molar-refractivity contribution in [3.63, 3.8) is 0 Å². The van der Waals surface area contributed by atoms with Gasteiger partial charge < -0.3 is 10.1 Å². The van der Waals surface area contributed by atoms with E-state index in [1.54, 1.807) is 7.11 Å². The highest BCUT2D eigenvalue weighted by atomic mass is 79.9. The number of nitrogens with zero attached hydrogens (tertiary/aromatic N) is 1. The molecule has 0 amide bonds. The van der Waals surface area contributed by atoms with Crippen molar-refractivity contribution in [1.29, 1.82) is 0 Å². The van der Waals surface area contributed by atoms with Crippen LogP contribution < -0.4 is 10.1 Å². The van der Waals surface area contributed by atoms with Gasteiger partial charge in [0, 0.05) is 32.2 Å². The molecule has 1 saturated heterocycles. The standard InChI is InChI=1S/C14H21BrN2O/c1-3-13(17-8-6-16-7-9-17)11-4-5-14(18-2)12(15)10-11/h4-5,10,13,16H,3,6-9H2,1-2H3/t13-/m0/s1. The van der Waals surface area contributed by atoms with E-state index in [1.165, 1.54) is 5.56 Å². The molecule has 1 aromatic rings. The SMILES string of the molecule is CC[C@@H](c1ccc(OC)c(Br)c1)N1CCNCC1. The van der Waals surface area contributed by atoms with E-state index in [0.717, 1.165) is 42.8 Å². The minimum absolute atomic E-state index is 0.509. The van der Waals surface area contributed by atoms with Crippen LogP contribution in [0.1, 0.15) is 24.9 Å². The third kappa shape index (κ3) is 3.05. The summed E-state index contributed by atoms with van der Waals surface area (Å²) in [6, 6.07) is 6.92. The molecule has 0 bridgehead atoms. The van der Waals surface area contributed by atoms with Crippen LogP contribution in [0, 0.1) is 0 Å². The number of piperazine rings is 1. The van der Waals surface area contributed by atoms with Crippen molar-refractivity contribution in [1.82, 2.24) is 10.2 Å². The van der Waals surface area contributed by atoms with E-state index >= 15 is 0 Å². The summed E-state index contributed by atoms with van der Waals surface area (Å²) in [7, 11) is 1.70. The van der Waals surface area contributed by atoms with Gasteiger partial charge in [0.05, 0.1) is 11.6 Å². The normalized spacial score (nSPS) is 18.6. The smallest absolute Gasteiger partial charge is 0.133 e. The van der Waals surface area contributed by atoms with Crippen molar-refractivity contribution in [2.75, 3.05) is 33.3 Å². The molecule has 1 aliphatic rings. The summed E-state index contributed by atoms with van der Waals surface area (Å²) in [5.74, 6) is 0.897. The highest BCUT2D eigenvalue weighted by Gasteiger charge is 2.21. The number of rotatable bonds is 4. The lowest BCUT2D eigenvalue weighted by atomic mass is 10.0. The quantitative estimate of drug-likeness (QED) is 0.925. The Morgan fingerprint density at radius 1 is 1.39 bits per heavy atom. The number of hydrogen-bond donors (Lipinski definition) is 1. The zero-order valence-electron chi connectivity index (χ0n) is 11.1. The number of nitrogens with one attached hydrogen (secondary N) is 1. The van der Waals surface area contributed by atoms with Gasteiger partial charge in [0.25, 0.3) is 0 Å². The minimum atomic E-state index is 0.509. The van der Waals surface area contributed by atoms with Gasteiger partial charge >= 0.3 is 0 Å². The molecule has 0 unspecified atom stereocenters. The molecule has 0 aliphatic carbocycles. The number of hydrogen-bond acceptors (Lipinski definition) is 3. The zero-order chi connectivity index (χ0) is 13.0. The van der Waals surface area contributed by atoms with E-state index in [0.29, 0.717) is 6.04 Å². The molecule has 0 spiro atoms. The van der Waals surface area contributed by atoms with E-state index in [4.69, 9.17) is 4.74 Å². The first-order valence-electron chi connectivity index (χ1n) is 6.54. The summed E-state index contributed by atoms with van der Waals surface area (Å²) in [4.78, 5) is 2.56. The molecule has 1 N–H and O–H groups in total. The minimum Gasteiger partial charge on any atom is -0.496 e. The lowest BCUT2D eigenvalue weighted by Crippen LogP contribution is -2.45. The molecule has 0 aromatic heterocycles. The number of methoxy groups -OCH3 is 1. The van der Waals surface area contributed by atoms with Gasteiger partial charge in [-0.05, 0) is 40.0 Å². The molecular weight excluding hydrogens is 292 g/mol. The van der Waals surface area contributed by atoms with E-state index in [-0.39, 0.29) is 0 Å². The molecule has 3 nitrogen and oxygen atoms in total. The molecular formula is C14H21BrN2O. The Balaban J connectivity index is 2.18. The average Bonchev–Trinajstić information content (AvgIpc) is 2.41. The van der Waals surface area contributed by atoms with Crippen LogP contribution in [0.3, 0.4) is 0 Å². The maximum absolute atomic E-state index is 5.29. The fourth-order valence-electron chi connectivity index (χ4n) is 2.59. The molecule has 0 saturated carbocycles. The third-order valence-electron chi connectivity index (χ3n) is 3.54. The topological polar surface area (TPSA) is 24.5 Å². The van der Waals surface area contributed by atoms with Crippen LogP contribution in [0.15, 0.2) is 22.7 Å². The van der Waals surface area contributed by atoms with Crippen LogP contribution in [0.25, 0.3) is 0 Å². The molecule has 18 heavy (non-hydrogen) atoms. The Hall–Kier alpha value is -0.580. The van der Waals surface area contributed by atoms with Crippen molar-refractivity contribution in [3.05, 3.63) is 28.2 Å². The molecule has 0 radical (unpaired) electrons. The molecule has 1 heterocycles. The van der Waals surface area contributed by atoms with Crippen LogP contribution in [-0.2, 0) is 0 Å². The highest BCUT2D eigenvalue weighted by Crippen LogP contribution is 2.31. The average molecular weight is 313 g/mol. The van der Waals surface area contributed by atoms with E-state index < -0.39 is 0 Å². The molecule has 1 atom stereocenters. The lowest BCUT2D eigenvalue weighted by Gasteiger charge is -2.34. The molecule has 1 fully saturated rings. The number of halogens is 1. The van der Waals surface area contributed by atoms with E-state index in [9.17, 15) is 0 Å². The number of ether oxygens (including phenoxy) is 1. The monoisotopic (exact) mass is 312 g/mol. The van der Waals surface area contributed by atoms with Crippen LogP contribution in [0.5, 0.6) is 5.75 Å². The van der Waals surface area contributed by atoms with Gasteiger partial charge in [-0.2, -0.15) is 0 Å². The Morgan fingerprint density at radius 3 is 2.67 bits per heavy atom. The van der Waals surface area contributed by atoms with Gasteiger partial charge in [0.2, 0.25) is 0 Å². The summed E-state index contributed by atoms with van der Waals surface area (Å²) in [6.07, 6.45) is 1.14. The van der Waals surface area contributed by atoms with Crippen molar-refractivity contribution in [2.45, 2.75) is 19.4 Å². The molecule has 100 valence electrons. The molecule has 2 rings (SSSR count). The first kappa shape index (κ1) is 13.8. The maximum atomic E-state index is 5.29. The van der Waals surface area contributed by atoms with Crippen molar-refractivity contribution < 1.29 is 4.74 Å². The van der Waals surface area contributed by atoms with Gasteiger partial charge in [-0.15, -0.1) is 0 Å². The van der Waals surface area contributed by atoms with E-state index in [1.807, 2.05) is 6.07 Å². The molecule has 4 heteroatoms. The van der Waals surface area contributed by atoms with Gasteiger partial charge in [-0.3, -0.25) is 4.90 Å². The summed E-state index contributed by atoms with van der Waals surface area (Å²) in [6.45, 7) is 6.69. The second-order valence-corrected chi connectivity index (χ2v) is 5.46. The van der Waals surface area contributed by atoms with E-state index in [2.05, 4.69) is 45.2 Å². The summed E-state index contributed by atoms with van der Waals surface area (Å²) in [5.41, 5.74) is 1.37. The largest absolute Gasteiger partial charge is 0.496 e.